The van der Waals surface area contributed by atoms with Gasteiger partial charge in [-0.05, 0) is 24.6 Å². The number of hydrogen-bond acceptors (Lipinski definition) is 4. The minimum Gasteiger partial charge on any atom is -0.465 e. The van der Waals surface area contributed by atoms with E-state index >= 15 is 0 Å². The predicted molar refractivity (Wildman–Crippen MR) is 66.0 cm³/mol. The topological polar surface area (TPSA) is 41.9 Å². The van der Waals surface area contributed by atoms with Crippen LogP contribution in [0, 0.1) is 0 Å². The van der Waals surface area contributed by atoms with Crippen LogP contribution in [0.3, 0.4) is 0 Å². The quantitative estimate of drug-likeness (QED) is 0.734. The van der Waals surface area contributed by atoms with Gasteiger partial charge in [0, 0.05) is 19.2 Å². The summed E-state index contributed by atoms with van der Waals surface area (Å²) in [5.41, 5.74) is 2.88. The fourth-order valence-electron chi connectivity index (χ4n) is 2.08. The van der Waals surface area contributed by atoms with Crippen LogP contribution >= 0.6 is 0 Å². The lowest BCUT2D eigenvalue weighted by Gasteiger charge is -2.19. The van der Waals surface area contributed by atoms with E-state index in [2.05, 4.69) is 9.84 Å². The van der Waals surface area contributed by atoms with E-state index in [1.165, 1.54) is 12.7 Å². The third-order valence-electron chi connectivity index (χ3n) is 2.98. The van der Waals surface area contributed by atoms with E-state index in [1.807, 2.05) is 31.1 Å². The predicted octanol–water partition coefficient (Wildman–Crippen LogP) is 2.23. The molecular formula is C13H16N2O2. The van der Waals surface area contributed by atoms with Crippen molar-refractivity contribution < 1.29 is 9.53 Å². The summed E-state index contributed by atoms with van der Waals surface area (Å²) < 4.78 is 4.67. The molecule has 4 heteroatoms. The van der Waals surface area contributed by atoms with Crippen molar-refractivity contribution >= 4 is 11.7 Å². The number of esters is 1. The second-order valence-corrected chi connectivity index (χ2v) is 4.24. The number of ether oxygens (including phenoxy) is 1. The van der Waals surface area contributed by atoms with Gasteiger partial charge in [0.1, 0.15) is 0 Å². The van der Waals surface area contributed by atoms with Crippen molar-refractivity contribution in [2.75, 3.05) is 14.2 Å². The molecule has 0 saturated carbocycles. The van der Waals surface area contributed by atoms with Crippen LogP contribution in [0.2, 0.25) is 0 Å². The maximum absolute atomic E-state index is 11.3. The average molecular weight is 232 g/mol. The lowest BCUT2D eigenvalue weighted by Crippen LogP contribution is -2.14. The van der Waals surface area contributed by atoms with Crippen LogP contribution in [-0.2, 0) is 4.74 Å². The van der Waals surface area contributed by atoms with Crippen LogP contribution in [0.5, 0.6) is 0 Å². The molecule has 0 bridgehead atoms. The summed E-state index contributed by atoms with van der Waals surface area (Å²) in [6, 6.07) is 7.79. The van der Waals surface area contributed by atoms with Gasteiger partial charge in [-0.25, -0.2) is 4.79 Å². The number of methoxy groups -OCH3 is 1. The number of benzene rings is 1. The molecule has 1 aromatic rings. The molecule has 0 saturated heterocycles. The smallest absolute Gasteiger partial charge is 0.337 e. The number of carbonyl (C=O) groups excluding carboxylic acids is 1. The van der Waals surface area contributed by atoms with E-state index in [4.69, 9.17) is 0 Å². The van der Waals surface area contributed by atoms with Gasteiger partial charge in [0.25, 0.3) is 0 Å². The Morgan fingerprint density at radius 2 is 2.06 bits per heavy atom. The maximum Gasteiger partial charge on any atom is 0.337 e. The van der Waals surface area contributed by atoms with Crippen LogP contribution in [0.4, 0.5) is 0 Å². The molecule has 0 N–H and O–H groups in total. The summed E-state index contributed by atoms with van der Waals surface area (Å²) in [5.74, 6) is -0.302. The first kappa shape index (κ1) is 11.6. The second-order valence-electron chi connectivity index (χ2n) is 4.24. The Labute approximate surface area is 101 Å². The molecule has 1 aliphatic rings. The normalized spacial score (nSPS) is 19.1. The van der Waals surface area contributed by atoms with Gasteiger partial charge in [-0.1, -0.05) is 12.1 Å². The summed E-state index contributed by atoms with van der Waals surface area (Å²) in [6.07, 6.45) is 0.939. The summed E-state index contributed by atoms with van der Waals surface area (Å²) >= 11 is 0. The molecule has 2 rings (SSSR count). The van der Waals surface area contributed by atoms with Crippen LogP contribution < -0.4 is 0 Å². The Bertz CT molecular complexity index is 451. The van der Waals surface area contributed by atoms with Crippen molar-refractivity contribution in [1.29, 1.82) is 0 Å². The van der Waals surface area contributed by atoms with Crippen LogP contribution in [0.25, 0.3) is 0 Å². The molecule has 17 heavy (non-hydrogen) atoms. The molecule has 90 valence electrons. The SMILES string of the molecule is COC(=O)c1ccc(C2CC(C)=NN2C)cc1. The fraction of sp³-hybridized carbons (Fsp3) is 0.385. The molecular weight excluding hydrogens is 216 g/mol. The van der Waals surface area contributed by atoms with Crippen molar-refractivity contribution in [3.05, 3.63) is 35.4 Å². The lowest BCUT2D eigenvalue weighted by molar-refractivity contribution is 0.0600. The zero-order valence-corrected chi connectivity index (χ0v) is 10.3. The number of carbonyl (C=O) groups is 1. The highest BCUT2D eigenvalue weighted by atomic mass is 16.5. The number of hydrazone groups is 1. The monoisotopic (exact) mass is 232 g/mol. The Kier molecular flexibility index (Phi) is 3.13. The third kappa shape index (κ3) is 2.30. The molecule has 1 atom stereocenters. The molecule has 0 radical (unpaired) electrons. The number of rotatable bonds is 2. The van der Waals surface area contributed by atoms with Crippen molar-refractivity contribution in [3.63, 3.8) is 0 Å². The largest absolute Gasteiger partial charge is 0.465 e. The Hall–Kier alpha value is -1.84. The van der Waals surface area contributed by atoms with Gasteiger partial charge in [-0.15, -0.1) is 0 Å². The standard InChI is InChI=1S/C13H16N2O2/c1-9-8-12(15(2)14-9)10-4-6-11(7-5-10)13(16)17-3/h4-7,12H,8H2,1-3H3. The molecule has 1 aliphatic heterocycles. The summed E-state index contributed by atoms with van der Waals surface area (Å²) in [5, 5.41) is 6.34. The highest BCUT2D eigenvalue weighted by molar-refractivity contribution is 5.89. The number of nitrogens with zero attached hydrogens (tertiary/aromatic N) is 2. The van der Waals surface area contributed by atoms with E-state index in [9.17, 15) is 4.79 Å². The Balaban J connectivity index is 2.17. The molecule has 0 aliphatic carbocycles. The first-order chi connectivity index (χ1) is 8.11. The van der Waals surface area contributed by atoms with Crippen LogP contribution in [-0.4, -0.2) is 30.8 Å². The van der Waals surface area contributed by atoms with E-state index in [-0.39, 0.29) is 12.0 Å². The second kappa shape index (κ2) is 4.57. The maximum atomic E-state index is 11.3. The molecule has 1 unspecified atom stereocenters. The summed E-state index contributed by atoms with van der Waals surface area (Å²) in [4.78, 5) is 11.3. The molecule has 1 heterocycles. The van der Waals surface area contributed by atoms with Gasteiger partial charge in [0.2, 0.25) is 0 Å². The molecule has 0 aromatic heterocycles. The van der Waals surface area contributed by atoms with E-state index < -0.39 is 0 Å². The van der Waals surface area contributed by atoms with E-state index in [0.717, 1.165) is 12.1 Å². The van der Waals surface area contributed by atoms with Crippen molar-refractivity contribution in [2.24, 2.45) is 5.10 Å². The highest BCUT2D eigenvalue weighted by Gasteiger charge is 2.22. The van der Waals surface area contributed by atoms with Gasteiger partial charge < -0.3 is 4.74 Å². The van der Waals surface area contributed by atoms with Crippen LogP contribution in [0.15, 0.2) is 29.4 Å². The van der Waals surface area contributed by atoms with Crippen LogP contribution in [0.1, 0.15) is 35.3 Å². The minimum atomic E-state index is -0.302. The fourth-order valence-corrected chi connectivity index (χ4v) is 2.08. The third-order valence-corrected chi connectivity index (χ3v) is 2.98. The molecule has 1 aromatic carbocycles. The molecule has 0 amide bonds. The van der Waals surface area contributed by atoms with Gasteiger partial charge in [-0.2, -0.15) is 5.10 Å². The van der Waals surface area contributed by atoms with Gasteiger partial charge in [-0.3, -0.25) is 5.01 Å². The zero-order chi connectivity index (χ0) is 12.4. The van der Waals surface area contributed by atoms with Gasteiger partial charge >= 0.3 is 5.97 Å². The summed E-state index contributed by atoms with van der Waals surface area (Å²) in [7, 11) is 3.35. The first-order valence-corrected chi connectivity index (χ1v) is 5.57. The molecule has 0 spiro atoms. The Morgan fingerprint density at radius 1 is 1.41 bits per heavy atom. The molecule has 0 fully saturated rings. The van der Waals surface area contributed by atoms with Crippen molar-refractivity contribution in [3.8, 4) is 0 Å². The Morgan fingerprint density at radius 3 is 2.53 bits per heavy atom. The van der Waals surface area contributed by atoms with Gasteiger partial charge in [0.05, 0.1) is 18.7 Å². The molecule has 4 nitrogen and oxygen atoms in total. The summed E-state index contributed by atoms with van der Waals surface area (Å²) in [6.45, 7) is 2.03. The average Bonchev–Trinajstić information content (AvgIpc) is 2.68. The highest BCUT2D eigenvalue weighted by Crippen LogP contribution is 2.28. The van der Waals surface area contributed by atoms with Gasteiger partial charge in [0.15, 0.2) is 0 Å². The lowest BCUT2D eigenvalue weighted by atomic mass is 10.0. The zero-order valence-electron chi connectivity index (χ0n) is 10.3. The first-order valence-electron chi connectivity index (χ1n) is 5.57. The number of hydrogen-bond donors (Lipinski definition) is 0. The van der Waals surface area contributed by atoms with Crippen molar-refractivity contribution in [1.82, 2.24) is 5.01 Å². The van der Waals surface area contributed by atoms with Crippen molar-refractivity contribution in [2.45, 2.75) is 19.4 Å². The van der Waals surface area contributed by atoms with E-state index in [1.54, 1.807) is 12.1 Å². The minimum absolute atomic E-state index is 0.279. The van der Waals surface area contributed by atoms with E-state index in [0.29, 0.717) is 5.56 Å².